The van der Waals surface area contributed by atoms with Gasteiger partial charge in [0.2, 0.25) is 11.0 Å². The standard InChI is InChI=1S/C17H23N5O3S/c1-4-12(24-5-2)8-20-16(18)22-17-21-14(10-26-17)15-7-6-13(25-15)9-19-11(3)23/h4,6-7,10,12H,1,5,8-9H2,2-3H3,(H,19,23)(H3,18,20,21,22). The highest BCUT2D eigenvalue weighted by molar-refractivity contribution is 7.13. The van der Waals surface area contributed by atoms with E-state index >= 15 is 0 Å². The van der Waals surface area contributed by atoms with Crippen molar-refractivity contribution >= 4 is 28.3 Å². The summed E-state index contributed by atoms with van der Waals surface area (Å²) in [7, 11) is 0. The summed E-state index contributed by atoms with van der Waals surface area (Å²) < 4.78 is 11.1. The number of hydrogen-bond acceptors (Lipinski definition) is 6. The predicted octanol–water partition coefficient (Wildman–Crippen LogP) is 2.17. The second-order valence-corrected chi connectivity index (χ2v) is 6.14. The van der Waals surface area contributed by atoms with Crippen molar-refractivity contribution in [3.8, 4) is 11.5 Å². The van der Waals surface area contributed by atoms with Crippen molar-refractivity contribution in [3.05, 3.63) is 35.9 Å². The first-order chi connectivity index (χ1) is 12.5. The Kier molecular flexibility index (Phi) is 7.37. The van der Waals surface area contributed by atoms with Crippen LogP contribution in [0.2, 0.25) is 0 Å². The first-order valence-electron chi connectivity index (χ1n) is 8.13. The van der Waals surface area contributed by atoms with E-state index in [9.17, 15) is 4.79 Å². The molecule has 1 amide bonds. The number of hydrogen-bond donors (Lipinski definition) is 3. The van der Waals surface area contributed by atoms with Gasteiger partial charge in [0.1, 0.15) is 11.5 Å². The average molecular weight is 377 g/mol. The van der Waals surface area contributed by atoms with Crippen molar-refractivity contribution in [2.75, 3.05) is 13.2 Å². The molecule has 8 nitrogen and oxygen atoms in total. The van der Waals surface area contributed by atoms with Gasteiger partial charge in [0.25, 0.3) is 0 Å². The second-order valence-electron chi connectivity index (χ2n) is 5.30. The molecule has 0 bridgehead atoms. The molecule has 2 heterocycles. The third kappa shape index (κ3) is 6.01. The molecule has 1 unspecified atom stereocenters. The van der Waals surface area contributed by atoms with Gasteiger partial charge in [-0.05, 0) is 19.1 Å². The predicted molar refractivity (Wildman–Crippen MR) is 102 cm³/mol. The number of furan rings is 1. The number of nitrogens with zero attached hydrogens (tertiary/aromatic N) is 2. The van der Waals surface area contributed by atoms with E-state index in [-0.39, 0.29) is 18.0 Å². The minimum atomic E-state index is -0.134. The SMILES string of the molecule is C=CC(CN/C(N)=N/c1nc(-c2ccc(CNC(C)=O)o2)cs1)OCC. The molecule has 0 fully saturated rings. The first kappa shape index (κ1) is 19.7. The number of nitrogens with one attached hydrogen (secondary N) is 2. The van der Waals surface area contributed by atoms with Gasteiger partial charge < -0.3 is 25.5 Å². The lowest BCUT2D eigenvalue weighted by atomic mass is 10.3. The summed E-state index contributed by atoms with van der Waals surface area (Å²) in [4.78, 5) is 19.6. The molecule has 140 valence electrons. The fourth-order valence-corrected chi connectivity index (χ4v) is 2.71. The molecule has 0 spiro atoms. The van der Waals surface area contributed by atoms with Gasteiger partial charge in [-0.15, -0.1) is 17.9 Å². The van der Waals surface area contributed by atoms with Crippen molar-refractivity contribution in [1.29, 1.82) is 0 Å². The Hall–Kier alpha value is -2.65. The molecule has 9 heteroatoms. The van der Waals surface area contributed by atoms with Gasteiger partial charge in [0.05, 0.1) is 12.6 Å². The molecule has 0 saturated carbocycles. The molecule has 0 saturated heterocycles. The van der Waals surface area contributed by atoms with E-state index in [1.54, 1.807) is 18.2 Å². The van der Waals surface area contributed by atoms with E-state index in [0.29, 0.717) is 42.0 Å². The van der Waals surface area contributed by atoms with Gasteiger partial charge in [-0.1, -0.05) is 6.08 Å². The van der Waals surface area contributed by atoms with Crippen LogP contribution in [0.15, 0.2) is 39.6 Å². The zero-order valence-corrected chi connectivity index (χ0v) is 15.6. The summed E-state index contributed by atoms with van der Waals surface area (Å²) in [6.45, 7) is 8.50. The van der Waals surface area contributed by atoms with Crippen LogP contribution in [0.4, 0.5) is 5.13 Å². The number of thiazole rings is 1. The van der Waals surface area contributed by atoms with Crippen LogP contribution in [0.25, 0.3) is 11.5 Å². The van der Waals surface area contributed by atoms with Crippen LogP contribution in [0.1, 0.15) is 19.6 Å². The van der Waals surface area contributed by atoms with Gasteiger partial charge in [-0.25, -0.2) is 4.98 Å². The summed E-state index contributed by atoms with van der Waals surface area (Å²) in [5, 5.41) is 8.01. The lowest BCUT2D eigenvalue weighted by molar-refractivity contribution is -0.119. The van der Waals surface area contributed by atoms with Crippen molar-refractivity contribution in [3.63, 3.8) is 0 Å². The number of guanidine groups is 1. The van der Waals surface area contributed by atoms with Crippen molar-refractivity contribution in [2.24, 2.45) is 10.7 Å². The Morgan fingerprint density at radius 1 is 1.54 bits per heavy atom. The molecule has 26 heavy (non-hydrogen) atoms. The smallest absolute Gasteiger partial charge is 0.217 e. The highest BCUT2D eigenvalue weighted by Gasteiger charge is 2.10. The zero-order valence-electron chi connectivity index (χ0n) is 14.8. The minimum Gasteiger partial charge on any atom is -0.458 e. The molecule has 0 radical (unpaired) electrons. The van der Waals surface area contributed by atoms with Gasteiger partial charge in [-0.2, -0.15) is 4.99 Å². The molecule has 1 atom stereocenters. The van der Waals surface area contributed by atoms with E-state index in [1.165, 1.54) is 18.3 Å². The van der Waals surface area contributed by atoms with Crippen LogP contribution in [-0.4, -0.2) is 36.1 Å². The molecule has 2 aromatic rings. The number of ether oxygens (including phenoxy) is 1. The van der Waals surface area contributed by atoms with Crippen molar-refractivity contribution < 1.29 is 13.9 Å². The van der Waals surface area contributed by atoms with E-state index in [1.807, 2.05) is 12.3 Å². The van der Waals surface area contributed by atoms with E-state index < -0.39 is 0 Å². The Morgan fingerprint density at radius 3 is 3.04 bits per heavy atom. The Labute approximate surface area is 156 Å². The maximum Gasteiger partial charge on any atom is 0.217 e. The minimum absolute atomic E-state index is 0.112. The van der Waals surface area contributed by atoms with Crippen LogP contribution in [-0.2, 0) is 16.1 Å². The summed E-state index contributed by atoms with van der Waals surface area (Å²) in [6, 6.07) is 3.60. The second kappa shape index (κ2) is 9.73. The maximum atomic E-state index is 10.9. The monoisotopic (exact) mass is 377 g/mol. The topological polar surface area (TPSA) is 115 Å². The van der Waals surface area contributed by atoms with E-state index in [4.69, 9.17) is 14.9 Å². The Balaban J connectivity index is 1.96. The van der Waals surface area contributed by atoms with Gasteiger partial charge >= 0.3 is 0 Å². The molecule has 0 aromatic carbocycles. The molecular weight excluding hydrogens is 354 g/mol. The highest BCUT2D eigenvalue weighted by atomic mass is 32.1. The lowest BCUT2D eigenvalue weighted by Crippen LogP contribution is -2.37. The number of carbonyl (C=O) groups is 1. The number of aromatic nitrogens is 1. The molecule has 0 aliphatic rings. The number of aliphatic imine (C=N–C) groups is 1. The third-order valence-corrected chi connectivity index (χ3v) is 4.00. The summed E-state index contributed by atoms with van der Waals surface area (Å²) in [6.07, 6.45) is 1.58. The molecule has 2 rings (SSSR count). The summed E-state index contributed by atoms with van der Waals surface area (Å²) >= 11 is 1.35. The Morgan fingerprint density at radius 2 is 2.35 bits per heavy atom. The zero-order chi connectivity index (χ0) is 18.9. The largest absolute Gasteiger partial charge is 0.458 e. The molecule has 4 N–H and O–H groups in total. The lowest BCUT2D eigenvalue weighted by Gasteiger charge is -2.13. The van der Waals surface area contributed by atoms with Gasteiger partial charge in [0.15, 0.2) is 11.7 Å². The highest BCUT2D eigenvalue weighted by Crippen LogP contribution is 2.28. The Bertz CT molecular complexity index is 768. The quantitative estimate of drug-likeness (QED) is 0.350. The van der Waals surface area contributed by atoms with E-state index in [2.05, 4.69) is 27.2 Å². The normalized spacial score (nSPS) is 12.6. The number of amides is 1. The number of rotatable bonds is 9. The van der Waals surface area contributed by atoms with Gasteiger partial charge in [0, 0.05) is 25.5 Å². The van der Waals surface area contributed by atoms with Crippen LogP contribution in [0, 0.1) is 0 Å². The third-order valence-electron chi connectivity index (χ3n) is 3.26. The first-order valence-corrected chi connectivity index (χ1v) is 9.01. The van der Waals surface area contributed by atoms with Crippen LogP contribution < -0.4 is 16.4 Å². The van der Waals surface area contributed by atoms with E-state index in [0.717, 1.165) is 0 Å². The molecular formula is C17H23N5O3S. The molecule has 0 aliphatic heterocycles. The maximum absolute atomic E-state index is 10.9. The molecule has 0 aliphatic carbocycles. The summed E-state index contributed by atoms with van der Waals surface area (Å²) in [5.41, 5.74) is 6.54. The van der Waals surface area contributed by atoms with Crippen LogP contribution >= 0.6 is 11.3 Å². The number of carbonyl (C=O) groups excluding carboxylic acids is 1. The van der Waals surface area contributed by atoms with Crippen LogP contribution in [0.3, 0.4) is 0 Å². The van der Waals surface area contributed by atoms with Crippen molar-refractivity contribution in [1.82, 2.24) is 15.6 Å². The van der Waals surface area contributed by atoms with Crippen LogP contribution in [0.5, 0.6) is 0 Å². The number of nitrogens with two attached hydrogens (primary N) is 1. The molecule has 2 aromatic heterocycles. The summed E-state index contributed by atoms with van der Waals surface area (Å²) in [5.74, 6) is 1.40. The average Bonchev–Trinajstić information content (AvgIpc) is 3.25. The fraction of sp³-hybridized carbons (Fsp3) is 0.353. The van der Waals surface area contributed by atoms with Gasteiger partial charge in [-0.3, -0.25) is 4.79 Å². The fourth-order valence-electron chi connectivity index (χ4n) is 2.02. The van der Waals surface area contributed by atoms with Crippen molar-refractivity contribution in [2.45, 2.75) is 26.5 Å².